The van der Waals surface area contributed by atoms with Gasteiger partial charge in [-0.1, -0.05) is 30.3 Å². The molecule has 1 unspecified atom stereocenters. The zero-order chi connectivity index (χ0) is 16.1. The number of nitrogens with one attached hydrogen (secondary N) is 1. The first-order chi connectivity index (χ1) is 11.2. The van der Waals surface area contributed by atoms with Gasteiger partial charge in [-0.2, -0.15) is 4.98 Å². The Hall–Kier alpha value is -2.73. The van der Waals surface area contributed by atoms with Crippen LogP contribution in [0.25, 0.3) is 5.82 Å². The van der Waals surface area contributed by atoms with Crippen molar-refractivity contribution in [3.05, 3.63) is 66.4 Å². The number of benzene rings is 1. The molecule has 0 amide bonds. The number of nitrogens with zero attached hydrogens (tertiary/aromatic N) is 4. The quantitative estimate of drug-likeness (QED) is 0.729. The molecule has 0 aliphatic heterocycles. The van der Waals surface area contributed by atoms with Crippen molar-refractivity contribution in [1.82, 2.24) is 19.5 Å². The maximum absolute atomic E-state index is 9.34. The number of aliphatic hydroxyl groups excluding tert-OH is 1. The van der Waals surface area contributed by atoms with E-state index in [1.807, 2.05) is 35.0 Å². The Kier molecular flexibility index (Phi) is 4.63. The molecule has 0 aliphatic carbocycles. The van der Waals surface area contributed by atoms with Gasteiger partial charge in [0.05, 0.1) is 6.10 Å². The lowest BCUT2D eigenvalue weighted by atomic mass is 10.1. The lowest BCUT2D eigenvalue weighted by Gasteiger charge is -2.10. The number of aliphatic hydroxyl groups is 1. The van der Waals surface area contributed by atoms with E-state index in [9.17, 15) is 5.11 Å². The summed E-state index contributed by atoms with van der Waals surface area (Å²) in [6, 6.07) is 12.0. The lowest BCUT2D eigenvalue weighted by Crippen LogP contribution is -2.17. The average Bonchev–Trinajstić information content (AvgIpc) is 3.02. The summed E-state index contributed by atoms with van der Waals surface area (Å²) in [4.78, 5) is 13.1. The fraction of sp³-hybridized carbons (Fsp3) is 0.235. The third-order valence-corrected chi connectivity index (χ3v) is 3.37. The van der Waals surface area contributed by atoms with E-state index in [1.165, 1.54) is 5.56 Å². The Morgan fingerprint density at radius 1 is 1.13 bits per heavy atom. The molecule has 6 nitrogen and oxygen atoms in total. The van der Waals surface area contributed by atoms with Crippen molar-refractivity contribution >= 4 is 5.95 Å². The topological polar surface area (TPSA) is 75.9 Å². The fourth-order valence-electron chi connectivity index (χ4n) is 2.26. The van der Waals surface area contributed by atoms with Gasteiger partial charge in [0.15, 0.2) is 0 Å². The van der Waals surface area contributed by atoms with Crippen molar-refractivity contribution in [3.8, 4) is 5.82 Å². The standard InChI is InChI=1S/C17H19N5O/c1-13(23)12-20-17-19-8-7-15(21-17)22-10-9-18-16(22)11-14-5-3-2-4-6-14/h2-10,13,23H,11-12H2,1H3,(H,19,20,21). The van der Waals surface area contributed by atoms with E-state index in [0.717, 1.165) is 18.1 Å². The lowest BCUT2D eigenvalue weighted by molar-refractivity contribution is 0.208. The first-order valence-corrected chi connectivity index (χ1v) is 7.54. The molecule has 0 spiro atoms. The van der Waals surface area contributed by atoms with Crippen molar-refractivity contribution in [2.75, 3.05) is 11.9 Å². The second-order valence-corrected chi connectivity index (χ2v) is 5.34. The summed E-state index contributed by atoms with van der Waals surface area (Å²) in [5.41, 5.74) is 1.20. The summed E-state index contributed by atoms with van der Waals surface area (Å²) in [6.07, 6.45) is 5.62. The molecular formula is C17H19N5O. The van der Waals surface area contributed by atoms with Crippen LogP contribution < -0.4 is 5.32 Å². The van der Waals surface area contributed by atoms with E-state index in [-0.39, 0.29) is 0 Å². The van der Waals surface area contributed by atoms with Gasteiger partial charge in [-0.05, 0) is 18.6 Å². The summed E-state index contributed by atoms with van der Waals surface area (Å²) < 4.78 is 1.95. The average molecular weight is 309 g/mol. The molecule has 2 N–H and O–H groups in total. The van der Waals surface area contributed by atoms with E-state index >= 15 is 0 Å². The summed E-state index contributed by atoms with van der Waals surface area (Å²) >= 11 is 0. The van der Waals surface area contributed by atoms with Crippen molar-refractivity contribution in [3.63, 3.8) is 0 Å². The molecule has 2 aromatic heterocycles. The van der Waals surface area contributed by atoms with Gasteiger partial charge in [-0.3, -0.25) is 4.57 Å². The van der Waals surface area contributed by atoms with Gasteiger partial charge in [-0.25, -0.2) is 9.97 Å². The Bertz CT molecular complexity index is 754. The van der Waals surface area contributed by atoms with Gasteiger partial charge in [-0.15, -0.1) is 0 Å². The van der Waals surface area contributed by atoms with E-state index < -0.39 is 6.10 Å². The number of imidazole rings is 1. The highest BCUT2D eigenvalue weighted by Gasteiger charge is 2.08. The van der Waals surface area contributed by atoms with Crippen LogP contribution in [0.3, 0.4) is 0 Å². The number of hydrogen-bond acceptors (Lipinski definition) is 5. The van der Waals surface area contributed by atoms with E-state index in [4.69, 9.17) is 0 Å². The molecule has 0 saturated carbocycles. The van der Waals surface area contributed by atoms with Crippen molar-refractivity contribution in [1.29, 1.82) is 0 Å². The molecule has 1 aromatic carbocycles. The fourth-order valence-corrected chi connectivity index (χ4v) is 2.26. The summed E-state index contributed by atoms with van der Waals surface area (Å²) in [6.45, 7) is 2.12. The molecule has 3 aromatic rings. The van der Waals surface area contributed by atoms with Crippen molar-refractivity contribution in [2.24, 2.45) is 0 Å². The van der Waals surface area contributed by atoms with E-state index in [0.29, 0.717) is 12.5 Å². The molecule has 6 heteroatoms. The molecule has 2 heterocycles. The highest BCUT2D eigenvalue weighted by Crippen LogP contribution is 2.13. The van der Waals surface area contributed by atoms with Gasteiger partial charge in [0.1, 0.15) is 11.6 Å². The second kappa shape index (κ2) is 7.02. The predicted molar refractivity (Wildman–Crippen MR) is 88.6 cm³/mol. The Morgan fingerprint density at radius 3 is 2.74 bits per heavy atom. The smallest absolute Gasteiger partial charge is 0.224 e. The molecule has 3 rings (SSSR count). The monoisotopic (exact) mass is 309 g/mol. The molecule has 0 aliphatic rings. The molecule has 1 atom stereocenters. The first-order valence-electron chi connectivity index (χ1n) is 7.54. The van der Waals surface area contributed by atoms with Crippen LogP contribution in [0.4, 0.5) is 5.95 Å². The van der Waals surface area contributed by atoms with Gasteiger partial charge < -0.3 is 10.4 Å². The minimum absolute atomic E-state index is 0.407. The zero-order valence-electron chi connectivity index (χ0n) is 12.9. The summed E-state index contributed by atoms with van der Waals surface area (Å²) in [5.74, 6) is 2.15. The molecular weight excluding hydrogens is 290 g/mol. The number of rotatable bonds is 6. The predicted octanol–water partition coefficient (Wildman–Crippen LogP) is 2.05. The van der Waals surface area contributed by atoms with Crippen LogP contribution in [0.15, 0.2) is 55.0 Å². The molecule has 0 saturated heterocycles. The first kappa shape index (κ1) is 15.2. The number of aromatic nitrogens is 4. The van der Waals surface area contributed by atoms with Gasteiger partial charge in [0, 0.05) is 31.6 Å². The zero-order valence-corrected chi connectivity index (χ0v) is 12.9. The highest BCUT2D eigenvalue weighted by atomic mass is 16.3. The Labute approximate surface area is 134 Å². The van der Waals surface area contributed by atoms with Gasteiger partial charge in [0.25, 0.3) is 0 Å². The summed E-state index contributed by atoms with van der Waals surface area (Å²) in [5, 5.41) is 12.4. The second-order valence-electron chi connectivity index (χ2n) is 5.34. The minimum atomic E-state index is -0.454. The van der Waals surface area contributed by atoms with Gasteiger partial charge >= 0.3 is 0 Å². The van der Waals surface area contributed by atoms with Crippen LogP contribution in [0, 0.1) is 0 Å². The van der Waals surface area contributed by atoms with Crippen LogP contribution >= 0.6 is 0 Å². The highest BCUT2D eigenvalue weighted by molar-refractivity contribution is 5.34. The van der Waals surface area contributed by atoms with Crippen LogP contribution in [0.5, 0.6) is 0 Å². The van der Waals surface area contributed by atoms with Crippen LogP contribution in [-0.2, 0) is 6.42 Å². The molecule has 0 bridgehead atoms. The van der Waals surface area contributed by atoms with Crippen LogP contribution in [0.2, 0.25) is 0 Å². The Balaban J connectivity index is 1.82. The molecule has 118 valence electrons. The molecule has 0 fully saturated rings. The maximum Gasteiger partial charge on any atom is 0.224 e. The largest absolute Gasteiger partial charge is 0.392 e. The number of hydrogen-bond donors (Lipinski definition) is 2. The maximum atomic E-state index is 9.34. The number of anilines is 1. The molecule has 0 radical (unpaired) electrons. The van der Waals surface area contributed by atoms with Crippen LogP contribution in [-0.4, -0.2) is 37.3 Å². The minimum Gasteiger partial charge on any atom is -0.392 e. The SMILES string of the molecule is CC(O)CNc1nccc(-n2ccnc2Cc2ccccc2)n1. The third-order valence-electron chi connectivity index (χ3n) is 3.37. The van der Waals surface area contributed by atoms with E-state index in [2.05, 4.69) is 32.4 Å². The Morgan fingerprint density at radius 2 is 1.96 bits per heavy atom. The van der Waals surface area contributed by atoms with Crippen molar-refractivity contribution in [2.45, 2.75) is 19.4 Å². The van der Waals surface area contributed by atoms with Crippen LogP contribution in [0.1, 0.15) is 18.3 Å². The third kappa shape index (κ3) is 3.92. The van der Waals surface area contributed by atoms with Gasteiger partial charge in [0.2, 0.25) is 5.95 Å². The van der Waals surface area contributed by atoms with Crippen molar-refractivity contribution < 1.29 is 5.11 Å². The normalized spacial score (nSPS) is 12.1. The molecule has 23 heavy (non-hydrogen) atoms. The summed E-state index contributed by atoms with van der Waals surface area (Å²) in [7, 11) is 0. The van der Waals surface area contributed by atoms with E-state index in [1.54, 1.807) is 19.3 Å².